The largest absolute Gasteiger partial charge is 0.487 e. The van der Waals surface area contributed by atoms with E-state index < -0.39 is 17.7 Å². The number of ether oxygens (including phenoxy) is 1. The van der Waals surface area contributed by atoms with Crippen LogP contribution in [0, 0.1) is 6.92 Å². The van der Waals surface area contributed by atoms with Gasteiger partial charge in [0.15, 0.2) is 0 Å². The van der Waals surface area contributed by atoms with Crippen molar-refractivity contribution < 1.29 is 27.8 Å². The van der Waals surface area contributed by atoms with E-state index in [0.29, 0.717) is 5.56 Å². The van der Waals surface area contributed by atoms with E-state index in [-0.39, 0.29) is 22.9 Å². The maximum Gasteiger partial charge on any atom is 0.416 e. The van der Waals surface area contributed by atoms with Crippen LogP contribution in [0.2, 0.25) is 5.02 Å². The third-order valence-electron chi connectivity index (χ3n) is 3.14. The number of rotatable bonds is 4. The van der Waals surface area contributed by atoms with Crippen molar-refractivity contribution in [1.82, 2.24) is 0 Å². The fourth-order valence-corrected chi connectivity index (χ4v) is 2.20. The van der Waals surface area contributed by atoms with Crippen LogP contribution in [0.15, 0.2) is 36.4 Å². The minimum Gasteiger partial charge on any atom is -0.487 e. The lowest BCUT2D eigenvalue weighted by atomic mass is 10.1. The molecule has 3 nitrogen and oxygen atoms in total. The van der Waals surface area contributed by atoms with Crippen molar-refractivity contribution in [1.29, 1.82) is 0 Å². The number of hydrogen-bond acceptors (Lipinski definition) is 2. The van der Waals surface area contributed by atoms with Gasteiger partial charge in [0.1, 0.15) is 12.4 Å². The first kappa shape index (κ1) is 17.1. The molecule has 0 aromatic heterocycles. The normalized spacial score (nSPS) is 11.3. The van der Waals surface area contributed by atoms with Crippen LogP contribution in [0.25, 0.3) is 0 Å². The summed E-state index contributed by atoms with van der Waals surface area (Å²) in [6.07, 6.45) is -4.49. The maximum absolute atomic E-state index is 12.6. The van der Waals surface area contributed by atoms with E-state index in [1.807, 2.05) is 0 Å². The van der Waals surface area contributed by atoms with Crippen LogP contribution in [0.1, 0.15) is 27.0 Å². The minimum absolute atomic E-state index is 0.0524. The molecule has 2 aromatic rings. The fraction of sp³-hybridized carbons (Fsp3) is 0.188. The molecule has 0 saturated heterocycles. The van der Waals surface area contributed by atoms with Crippen LogP contribution >= 0.6 is 11.6 Å². The van der Waals surface area contributed by atoms with Crippen LogP contribution in [0.4, 0.5) is 13.2 Å². The van der Waals surface area contributed by atoms with Crippen molar-refractivity contribution >= 4 is 17.6 Å². The topological polar surface area (TPSA) is 46.5 Å². The average Bonchev–Trinajstić information content (AvgIpc) is 2.45. The molecular formula is C16H12ClF3O3. The van der Waals surface area contributed by atoms with Gasteiger partial charge in [-0.05, 0) is 31.2 Å². The first-order valence-corrected chi connectivity index (χ1v) is 6.88. The monoisotopic (exact) mass is 344 g/mol. The summed E-state index contributed by atoms with van der Waals surface area (Å²) >= 11 is 5.79. The van der Waals surface area contributed by atoms with E-state index >= 15 is 0 Å². The summed E-state index contributed by atoms with van der Waals surface area (Å²) in [5.41, 5.74) is 0.377. The number of aryl methyl sites for hydroxylation is 1. The fourth-order valence-electron chi connectivity index (χ4n) is 1.96. The molecule has 0 heterocycles. The van der Waals surface area contributed by atoms with Gasteiger partial charge < -0.3 is 9.84 Å². The lowest BCUT2D eigenvalue weighted by Gasteiger charge is -2.12. The van der Waals surface area contributed by atoms with Crippen molar-refractivity contribution in [3.05, 3.63) is 63.7 Å². The Balaban J connectivity index is 2.20. The van der Waals surface area contributed by atoms with Crippen molar-refractivity contribution in [3.8, 4) is 5.75 Å². The van der Waals surface area contributed by atoms with Crippen molar-refractivity contribution in [3.63, 3.8) is 0 Å². The van der Waals surface area contributed by atoms with Gasteiger partial charge >= 0.3 is 12.1 Å². The standard InChI is InChI=1S/C16H12ClF3O3/c1-9-2-3-10(12(6-9)15(21)22)8-23-14-5-4-11(7-13(14)17)16(18,19)20/h2-7H,8H2,1H3,(H,21,22). The van der Waals surface area contributed by atoms with Crippen LogP contribution in [0.3, 0.4) is 0 Å². The van der Waals surface area contributed by atoms with Crippen LogP contribution < -0.4 is 4.74 Å². The Kier molecular flexibility index (Phi) is 4.85. The average molecular weight is 345 g/mol. The second-order valence-electron chi connectivity index (χ2n) is 4.90. The number of carbonyl (C=O) groups is 1. The second-order valence-corrected chi connectivity index (χ2v) is 5.30. The Hall–Kier alpha value is -2.21. The molecule has 0 radical (unpaired) electrons. The Bertz CT molecular complexity index is 742. The molecule has 2 aromatic carbocycles. The lowest BCUT2D eigenvalue weighted by Crippen LogP contribution is -2.07. The van der Waals surface area contributed by atoms with E-state index in [1.165, 1.54) is 6.07 Å². The Morgan fingerprint density at radius 2 is 1.91 bits per heavy atom. The summed E-state index contributed by atoms with van der Waals surface area (Å²) in [6, 6.07) is 7.55. The SMILES string of the molecule is Cc1ccc(COc2ccc(C(F)(F)F)cc2Cl)c(C(=O)O)c1. The third kappa shape index (κ3) is 4.16. The van der Waals surface area contributed by atoms with Gasteiger partial charge in [-0.1, -0.05) is 29.3 Å². The molecule has 0 atom stereocenters. The summed E-state index contributed by atoms with van der Waals surface area (Å²) in [4.78, 5) is 11.2. The molecule has 1 N–H and O–H groups in total. The zero-order chi connectivity index (χ0) is 17.2. The van der Waals surface area contributed by atoms with Crippen molar-refractivity contribution in [2.45, 2.75) is 19.7 Å². The maximum atomic E-state index is 12.6. The predicted molar refractivity (Wildman–Crippen MR) is 78.9 cm³/mol. The summed E-state index contributed by atoms with van der Waals surface area (Å²) in [5.74, 6) is -1.05. The van der Waals surface area contributed by atoms with E-state index in [9.17, 15) is 18.0 Å². The third-order valence-corrected chi connectivity index (χ3v) is 3.43. The highest BCUT2D eigenvalue weighted by Gasteiger charge is 2.31. The molecule has 0 bridgehead atoms. The number of benzene rings is 2. The quantitative estimate of drug-likeness (QED) is 0.854. The Morgan fingerprint density at radius 3 is 2.48 bits per heavy atom. The first-order valence-electron chi connectivity index (χ1n) is 6.51. The summed E-state index contributed by atoms with van der Waals surface area (Å²) in [6.45, 7) is 1.64. The van der Waals surface area contributed by atoms with E-state index in [0.717, 1.165) is 23.8 Å². The van der Waals surface area contributed by atoms with Gasteiger partial charge in [0, 0.05) is 5.56 Å². The Morgan fingerprint density at radius 1 is 1.22 bits per heavy atom. The minimum atomic E-state index is -4.49. The second kappa shape index (κ2) is 6.50. The molecule has 0 fully saturated rings. The number of carboxylic acid groups (broad SMARTS) is 1. The van der Waals surface area contributed by atoms with E-state index in [4.69, 9.17) is 21.4 Å². The number of hydrogen-bond donors (Lipinski definition) is 1. The summed E-state index contributed by atoms with van der Waals surface area (Å²) < 4.78 is 43.1. The summed E-state index contributed by atoms with van der Waals surface area (Å²) in [5, 5.41) is 8.97. The Labute approximate surface area is 135 Å². The van der Waals surface area contributed by atoms with Gasteiger partial charge in [-0.3, -0.25) is 0 Å². The molecule has 0 saturated carbocycles. The molecule has 23 heavy (non-hydrogen) atoms. The van der Waals surface area contributed by atoms with E-state index in [2.05, 4.69) is 0 Å². The lowest BCUT2D eigenvalue weighted by molar-refractivity contribution is -0.137. The zero-order valence-corrected chi connectivity index (χ0v) is 12.7. The molecule has 7 heteroatoms. The van der Waals surface area contributed by atoms with Crippen molar-refractivity contribution in [2.75, 3.05) is 0 Å². The molecule has 2 rings (SSSR count). The molecule has 122 valence electrons. The molecule has 0 aliphatic heterocycles. The highest BCUT2D eigenvalue weighted by Crippen LogP contribution is 2.35. The van der Waals surface area contributed by atoms with Crippen molar-refractivity contribution in [2.24, 2.45) is 0 Å². The predicted octanol–water partition coefficient (Wildman–Crippen LogP) is 4.94. The molecule has 0 amide bonds. The zero-order valence-electron chi connectivity index (χ0n) is 11.9. The number of aromatic carboxylic acids is 1. The molecule has 0 aliphatic carbocycles. The highest BCUT2D eigenvalue weighted by atomic mass is 35.5. The van der Waals surface area contributed by atoms with E-state index in [1.54, 1.807) is 19.1 Å². The smallest absolute Gasteiger partial charge is 0.416 e. The van der Waals surface area contributed by atoms with Gasteiger partial charge in [0.2, 0.25) is 0 Å². The number of carboxylic acids is 1. The number of alkyl halides is 3. The van der Waals surface area contributed by atoms with Gasteiger partial charge in [-0.2, -0.15) is 13.2 Å². The van der Waals surface area contributed by atoms with Gasteiger partial charge in [0.25, 0.3) is 0 Å². The molecule has 0 spiro atoms. The van der Waals surface area contributed by atoms with Crippen LogP contribution in [-0.2, 0) is 12.8 Å². The van der Waals surface area contributed by atoms with Crippen LogP contribution in [0.5, 0.6) is 5.75 Å². The van der Waals surface area contributed by atoms with Gasteiger partial charge in [-0.15, -0.1) is 0 Å². The molecule has 0 aliphatic rings. The van der Waals surface area contributed by atoms with Gasteiger partial charge in [0.05, 0.1) is 16.1 Å². The highest BCUT2D eigenvalue weighted by molar-refractivity contribution is 6.32. The van der Waals surface area contributed by atoms with Crippen LogP contribution in [-0.4, -0.2) is 11.1 Å². The van der Waals surface area contributed by atoms with Gasteiger partial charge in [-0.25, -0.2) is 4.79 Å². The molecule has 0 unspecified atom stereocenters. The number of halogens is 4. The summed E-state index contributed by atoms with van der Waals surface area (Å²) in [7, 11) is 0. The molecular weight excluding hydrogens is 333 g/mol. The first-order chi connectivity index (χ1) is 10.7.